The number of alkyl halides is 6. The molecule has 0 saturated heterocycles. The van der Waals surface area contributed by atoms with Crippen molar-refractivity contribution in [1.82, 2.24) is 0 Å². The van der Waals surface area contributed by atoms with Crippen molar-refractivity contribution < 1.29 is 26.3 Å². The van der Waals surface area contributed by atoms with Gasteiger partial charge in [-0.25, -0.2) is 8.78 Å². The lowest BCUT2D eigenvalue weighted by Gasteiger charge is -2.16. The minimum atomic E-state index is -4.21. The van der Waals surface area contributed by atoms with Crippen LogP contribution in [0.3, 0.4) is 0 Å². The molecule has 0 saturated carbocycles. The van der Waals surface area contributed by atoms with E-state index in [0.29, 0.717) is 0 Å². The highest BCUT2D eigenvalue weighted by Gasteiger charge is 2.44. The van der Waals surface area contributed by atoms with Crippen LogP contribution in [0.25, 0.3) is 0 Å². The molecule has 0 atom stereocenters. The van der Waals surface area contributed by atoms with Crippen molar-refractivity contribution in [2.24, 2.45) is 0 Å². The van der Waals surface area contributed by atoms with Gasteiger partial charge in [0, 0.05) is 0 Å². The Bertz CT molecular complexity index is 110. The summed E-state index contributed by atoms with van der Waals surface area (Å²) in [5, 5.41) is -8.43. The number of hydrogen-bond donors (Lipinski definition) is 0. The fourth-order valence-electron chi connectivity index (χ4n) is 0.273. The Labute approximate surface area is 63.0 Å². The molecule has 0 aliphatic carbocycles. The molecule has 0 N–H and O–H groups in total. The van der Waals surface area contributed by atoms with Crippen LogP contribution < -0.4 is 0 Å². The molecule has 0 fully saturated rings. The molecule has 0 aliphatic heterocycles. The van der Waals surface area contributed by atoms with E-state index < -0.39 is 35.6 Å². The van der Waals surface area contributed by atoms with Crippen LogP contribution in [0.15, 0.2) is 0 Å². The molecule has 68 valence electrons. The first kappa shape index (κ1) is 10.9. The smallest absolute Gasteiger partial charge is 0.243 e. The number of halogens is 6. The highest BCUT2D eigenvalue weighted by atomic mass is 32.2. The summed E-state index contributed by atoms with van der Waals surface area (Å²) in [6, 6.07) is 0. The lowest BCUT2D eigenvalue weighted by Crippen LogP contribution is -2.24. The van der Waals surface area contributed by atoms with E-state index in [0.717, 1.165) is 0 Å². The van der Waals surface area contributed by atoms with Gasteiger partial charge in [0.1, 0.15) is 0 Å². The first-order valence-corrected chi connectivity index (χ1v) is 3.22. The quantitative estimate of drug-likeness (QED) is 0.626. The number of thioether (sulfide) groups is 1. The molecule has 7 heteroatoms. The second kappa shape index (κ2) is 3.55. The third-order valence-electron chi connectivity index (χ3n) is 0.610. The van der Waals surface area contributed by atoms with Gasteiger partial charge in [-0.05, 0) is 11.8 Å². The second-order valence-electron chi connectivity index (χ2n) is 1.64. The third kappa shape index (κ3) is 4.39. The van der Waals surface area contributed by atoms with E-state index in [1.54, 1.807) is 0 Å². The molecule has 0 rings (SSSR count). The molecule has 0 aromatic rings. The maximum atomic E-state index is 11.8. The van der Waals surface area contributed by atoms with Crippen molar-refractivity contribution in [3.05, 3.63) is 0 Å². The fraction of sp³-hybridized carbons (Fsp3) is 1.00. The summed E-state index contributed by atoms with van der Waals surface area (Å²) in [5.74, 6) is 0. The molecule has 0 radical (unpaired) electrons. The van der Waals surface area contributed by atoms with Crippen molar-refractivity contribution in [1.29, 1.82) is 0 Å². The monoisotopic (exact) mass is 198 g/mol. The Morgan fingerprint density at radius 2 is 1.09 bits per heavy atom. The summed E-state index contributed by atoms with van der Waals surface area (Å²) in [6.45, 7) is -4.46. The van der Waals surface area contributed by atoms with Crippen LogP contribution in [-0.2, 0) is 0 Å². The Hall–Kier alpha value is -0.0700. The van der Waals surface area contributed by atoms with Gasteiger partial charge in [-0.1, -0.05) is 0 Å². The van der Waals surface area contributed by atoms with E-state index >= 15 is 0 Å². The van der Waals surface area contributed by atoms with Crippen LogP contribution in [0.2, 0.25) is 0 Å². The minimum Gasteiger partial charge on any atom is -0.243 e. The first-order valence-electron chi connectivity index (χ1n) is 2.41. The third-order valence-corrected chi connectivity index (χ3v) is 1.43. The summed E-state index contributed by atoms with van der Waals surface area (Å²) in [4.78, 5) is 0. The highest BCUT2D eigenvalue weighted by Crippen LogP contribution is 2.42. The second-order valence-corrected chi connectivity index (χ2v) is 3.04. The molecule has 0 heterocycles. The summed E-state index contributed by atoms with van der Waals surface area (Å²) in [7, 11) is 0. The number of rotatable bonds is 4. The van der Waals surface area contributed by atoms with Gasteiger partial charge < -0.3 is 0 Å². The zero-order valence-corrected chi connectivity index (χ0v) is 5.91. The molecule has 0 aromatic carbocycles. The summed E-state index contributed by atoms with van der Waals surface area (Å²) in [6.07, 6.45) is 0. The maximum Gasteiger partial charge on any atom is 0.327 e. The van der Waals surface area contributed by atoms with E-state index in [-0.39, 0.29) is 0 Å². The molecule has 0 spiro atoms. The fourth-order valence-corrected chi connectivity index (χ4v) is 0.819. The standard InChI is InChI=1S/C4H4F6S/c5-1-3(7,8)11-4(9,10)2-6/h1-2H2. The van der Waals surface area contributed by atoms with Crippen LogP contribution >= 0.6 is 11.8 Å². The molecule has 0 aliphatic rings. The predicted octanol–water partition coefficient (Wildman–Crippen LogP) is 2.84. The molecular formula is C4H4F6S. The van der Waals surface area contributed by atoms with Gasteiger partial charge in [0.15, 0.2) is 13.3 Å². The Kier molecular flexibility index (Phi) is 3.53. The van der Waals surface area contributed by atoms with E-state index in [1.807, 2.05) is 0 Å². The van der Waals surface area contributed by atoms with Crippen LogP contribution in [0.5, 0.6) is 0 Å². The van der Waals surface area contributed by atoms with Crippen molar-refractivity contribution in [3.63, 3.8) is 0 Å². The van der Waals surface area contributed by atoms with E-state index in [1.165, 1.54) is 0 Å². The Morgan fingerprint density at radius 3 is 1.27 bits per heavy atom. The van der Waals surface area contributed by atoms with E-state index in [2.05, 4.69) is 0 Å². The molecule has 0 unspecified atom stereocenters. The number of hydrogen-bond acceptors (Lipinski definition) is 1. The van der Waals surface area contributed by atoms with Crippen LogP contribution in [0.1, 0.15) is 0 Å². The zero-order valence-electron chi connectivity index (χ0n) is 5.09. The zero-order chi connectivity index (χ0) is 9.12. The molecule has 0 nitrogen and oxygen atoms in total. The average molecular weight is 198 g/mol. The summed E-state index contributed by atoms with van der Waals surface area (Å²) >= 11 is -1.31. The molecule has 0 amide bonds. The predicted molar refractivity (Wildman–Crippen MR) is 29.4 cm³/mol. The van der Waals surface area contributed by atoms with Crippen LogP contribution in [0.4, 0.5) is 26.3 Å². The van der Waals surface area contributed by atoms with Gasteiger partial charge >= 0.3 is 10.5 Å². The van der Waals surface area contributed by atoms with Gasteiger partial charge in [-0.15, -0.1) is 0 Å². The SMILES string of the molecule is FCC(F)(F)SC(F)(F)CF. The van der Waals surface area contributed by atoms with Crippen LogP contribution in [-0.4, -0.2) is 23.9 Å². The van der Waals surface area contributed by atoms with Crippen molar-refractivity contribution >= 4 is 11.8 Å². The van der Waals surface area contributed by atoms with Crippen LogP contribution in [0, 0.1) is 0 Å². The maximum absolute atomic E-state index is 11.8. The van der Waals surface area contributed by atoms with Gasteiger partial charge in [0.2, 0.25) is 0 Å². The van der Waals surface area contributed by atoms with Crippen molar-refractivity contribution in [2.45, 2.75) is 10.5 Å². The topological polar surface area (TPSA) is 0 Å². The van der Waals surface area contributed by atoms with Crippen molar-refractivity contribution in [2.75, 3.05) is 13.3 Å². The molecular weight excluding hydrogens is 194 g/mol. The normalized spacial score (nSPS) is 13.6. The van der Waals surface area contributed by atoms with E-state index in [9.17, 15) is 26.3 Å². The molecule has 0 bridgehead atoms. The van der Waals surface area contributed by atoms with Gasteiger partial charge in [-0.3, -0.25) is 0 Å². The lowest BCUT2D eigenvalue weighted by atomic mass is 10.8. The Morgan fingerprint density at radius 1 is 0.818 bits per heavy atom. The largest absolute Gasteiger partial charge is 0.327 e. The van der Waals surface area contributed by atoms with Gasteiger partial charge in [0.05, 0.1) is 0 Å². The summed E-state index contributed by atoms with van der Waals surface area (Å²) in [5.41, 5.74) is 0. The average Bonchev–Trinajstić information content (AvgIpc) is 1.86. The molecule has 11 heavy (non-hydrogen) atoms. The molecule has 0 aromatic heterocycles. The first-order chi connectivity index (χ1) is 4.83. The van der Waals surface area contributed by atoms with Gasteiger partial charge in [0.25, 0.3) is 0 Å². The minimum absolute atomic E-state index is 1.31. The van der Waals surface area contributed by atoms with E-state index in [4.69, 9.17) is 0 Å². The highest BCUT2D eigenvalue weighted by molar-refractivity contribution is 8.01. The summed E-state index contributed by atoms with van der Waals surface area (Å²) < 4.78 is 69.5. The van der Waals surface area contributed by atoms with Crippen molar-refractivity contribution in [3.8, 4) is 0 Å². The lowest BCUT2D eigenvalue weighted by molar-refractivity contribution is 0.0386. The van der Waals surface area contributed by atoms with Gasteiger partial charge in [-0.2, -0.15) is 17.6 Å². The Balaban J connectivity index is 4.02.